The van der Waals surface area contributed by atoms with E-state index in [1.807, 2.05) is 0 Å². The molecule has 10 rings (SSSR count). The van der Waals surface area contributed by atoms with Crippen molar-refractivity contribution in [2.75, 3.05) is 4.90 Å². The van der Waals surface area contributed by atoms with Gasteiger partial charge in [0.1, 0.15) is 0 Å². The Bertz CT molecular complexity index is 2390. The first-order chi connectivity index (χ1) is 22.9. The monoisotopic (exact) mass is 584 g/mol. The van der Waals surface area contributed by atoms with Gasteiger partial charge in [-0.05, 0) is 63.5 Å². The molecule has 3 heteroatoms. The highest BCUT2D eigenvalue weighted by molar-refractivity contribution is 6.90. The van der Waals surface area contributed by atoms with Crippen LogP contribution in [0.15, 0.2) is 170 Å². The summed E-state index contributed by atoms with van der Waals surface area (Å²) < 4.78 is 2.62. The van der Waals surface area contributed by atoms with Crippen molar-refractivity contribution in [1.29, 1.82) is 0 Å². The average molecular weight is 585 g/mol. The summed E-state index contributed by atoms with van der Waals surface area (Å²) in [6, 6.07) is 62.6. The Balaban J connectivity index is 1.37. The smallest absolute Gasteiger partial charge is 0.333 e. The highest BCUT2D eigenvalue weighted by Crippen LogP contribution is 2.47. The first-order valence-corrected chi connectivity index (χ1v) is 16.1. The fourth-order valence-corrected chi connectivity index (χ4v) is 8.26. The Labute approximate surface area is 268 Å². The van der Waals surface area contributed by atoms with Gasteiger partial charge in [0.15, 0.2) is 0 Å². The van der Waals surface area contributed by atoms with E-state index in [9.17, 15) is 0 Å². The van der Waals surface area contributed by atoms with Gasteiger partial charge < -0.3 is 9.38 Å². The Hall–Kier alpha value is -5.80. The number of nitrogens with zero attached hydrogens (tertiary/aromatic N) is 2. The second kappa shape index (κ2) is 9.85. The molecule has 2 nitrogen and oxygen atoms in total. The first-order valence-electron chi connectivity index (χ1n) is 16.1. The molecule has 7 aromatic carbocycles. The molecule has 0 saturated heterocycles. The number of benzene rings is 7. The number of para-hydroxylation sites is 4. The van der Waals surface area contributed by atoms with E-state index in [1.165, 1.54) is 77.6 Å². The predicted molar refractivity (Wildman–Crippen MR) is 194 cm³/mol. The number of rotatable bonds is 4. The summed E-state index contributed by atoms with van der Waals surface area (Å²) in [5, 5.41) is 2.62. The van der Waals surface area contributed by atoms with Gasteiger partial charge in [-0.1, -0.05) is 140 Å². The van der Waals surface area contributed by atoms with Crippen LogP contribution in [-0.4, -0.2) is 11.3 Å². The van der Waals surface area contributed by atoms with E-state index in [1.54, 1.807) is 0 Å². The molecule has 0 bridgehead atoms. The van der Waals surface area contributed by atoms with E-state index in [0.717, 1.165) is 0 Å². The lowest BCUT2D eigenvalue weighted by Crippen LogP contribution is -2.56. The molecule has 8 aromatic rings. The van der Waals surface area contributed by atoms with Crippen LogP contribution in [0.5, 0.6) is 0 Å². The molecule has 0 amide bonds. The van der Waals surface area contributed by atoms with Gasteiger partial charge in [-0.15, -0.1) is 0 Å². The maximum absolute atomic E-state index is 2.62. The Morgan fingerprint density at radius 2 is 1.09 bits per heavy atom. The first kappa shape index (κ1) is 25.5. The highest BCUT2D eigenvalue weighted by Gasteiger charge is 2.43. The zero-order chi connectivity index (χ0) is 30.2. The minimum atomic E-state index is 0.0550. The lowest BCUT2D eigenvalue weighted by Gasteiger charge is -2.41. The zero-order valence-corrected chi connectivity index (χ0v) is 25.2. The minimum Gasteiger partial charge on any atom is -0.375 e. The highest BCUT2D eigenvalue weighted by atomic mass is 15.2. The van der Waals surface area contributed by atoms with Crippen molar-refractivity contribution in [2.45, 2.75) is 5.92 Å². The number of hydrogen-bond acceptors (Lipinski definition) is 1. The van der Waals surface area contributed by atoms with Gasteiger partial charge in [-0.25, -0.2) is 0 Å². The molecule has 0 fully saturated rings. The molecule has 0 spiro atoms. The molecule has 214 valence electrons. The molecule has 0 radical (unpaired) electrons. The molecule has 2 aliphatic heterocycles. The third kappa shape index (κ3) is 3.54. The van der Waals surface area contributed by atoms with Crippen LogP contribution < -0.4 is 15.8 Å². The molecular formula is C43H29BN2. The topological polar surface area (TPSA) is 8.17 Å². The summed E-state index contributed by atoms with van der Waals surface area (Å²) in [6.45, 7) is 0.0550. The van der Waals surface area contributed by atoms with Crippen LogP contribution in [0.4, 0.5) is 17.1 Å². The summed E-state index contributed by atoms with van der Waals surface area (Å²) in [4.78, 5) is 2.50. The third-order valence-corrected chi connectivity index (χ3v) is 10.1. The van der Waals surface area contributed by atoms with Crippen LogP contribution in [-0.2, 0) is 0 Å². The van der Waals surface area contributed by atoms with Crippen molar-refractivity contribution >= 4 is 56.6 Å². The maximum Gasteiger partial charge on any atom is 0.333 e. The lowest BCUT2D eigenvalue weighted by atomic mass is 9.45. The van der Waals surface area contributed by atoms with E-state index in [-0.39, 0.29) is 12.8 Å². The van der Waals surface area contributed by atoms with Crippen molar-refractivity contribution in [3.63, 3.8) is 0 Å². The predicted octanol–water partition coefficient (Wildman–Crippen LogP) is 9.39. The van der Waals surface area contributed by atoms with Crippen LogP contribution in [0.2, 0.25) is 0 Å². The van der Waals surface area contributed by atoms with Gasteiger partial charge in [-0.3, -0.25) is 0 Å². The summed E-state index contributed by atoms with van der Waals surface area (Å²) in [7, 11) is 0. The summed E-state index contributed by atoms with van der Waals surface area (Å²) >= 11 is 0. The normalized spacial score (nSPS) is 12.9. The van der Waals surface area contributed by atoms with Gasteiger partial charge in [-0.2, -0.15) is 0 Å². The molecule has 46 heavy (non-hydrogen) atoms. The molecule has 0 saturated carbocycles. The fourth-order valence-electron chi connectivity index (χ4n) is 8.26. The van der Waals surface area contributed by atoms with E-state index >= 15 is 0 Å². The lowest BCUT2D eigenvalue weighted by molar-refractivity contribution is 0.977. The number of hydrogen-bond donors (Lipinski definition) is 0. The van der Waals surface area contributed by atoms with Gasteiger partial charge >= 0.3 is 6.85 Å². The molecule has 0 N–H and O–H groups in total. The molecule has 0 atom stereocenters. The van der Waals surface area contributed by atoms with Gasteiger partial charge in [0.2, 0.25) is 0 Å². The third-order valence-electron chi connectivity index (χ3n) is 10.1. The van der Waals surface area contributed by atoms with Crippen LogP contribution in [0, 0.1) is 0 Å². The number of aromatic nitrogens is 1. The van der Waals surface area contributed by atoms with Crippen molar-refractivity contribution in [2.24, 2.45) is 0 Å². The fraction of sp³-hybridized carbons (Fsp3) is 0.0233. The minimum absolute atomic E-state index is 0.0550. The summed E-state index contributed by atoms with van der Waals surface area (Å²) in [6.07, 6.45) is 0. The molecular weight excluding hydrogens is 555 g/mol. The van der Waals surface area contributed by atoms with Crippen LogP contribution in [0.1, 0.15) is 22.6 Å². The van der Waals surface area contributed by atoms with Crippen molar-refractivity contribution in [3.05, 3.63) is 187 Å². The van der Waals surface area contributed by atoms with E-state index < -0.39 is 0 Å². The standard InChI is InChI=1S/C43H29BN2/c1-4-15-29(16-5-1)41(30-17-6-2-7-18-30)31-27-36-35-23-14-22-34-33-21-10-12-25-38(33)46(43(34)35)44-37-24-11-13-26-39(37)45(40(28-31)42(36)44)32-19-8-3-9-20-32/h1-28,41H. The summed E-state index contributed by atoms with van der Waals surface area (Å²) in [5.41, 5.74) is 15.5. The van der Waals surface area contributed by atoms with Gasteiger partial charge in [0.25, 0.3) is 0 Å². The zero-order valence-electron chi connectivity index (χ0n) is 25.2. The number of fused-ring (bicyclic) bond motifs is 7. The second-order valence-corrected chi connectivity index (χ2v) is 12.5. The van der Waals surface area contributed by atoms with Crippen LogP contribution in [0.3, 0.4) is 0 Å². The van der Waals surface area contributed by atoms with E-state index in [2.05, 4.69) is 179 Å². The molecule has 2 aliphatic rings. The Morgan fingerprint density at radius 1 is 0.457 bits per heavy atom. The summed E-state index contributed by atoms with van der Waals surface area (Å²) in [5.74, 6) is 0.0872. The second-order valence-electron chi connectivity index (χ2n) is 12.5. The van der Waals surface area contributed by atoms with E-state index in [4.69, 9.17) is 0 Å². The van der Waals surface area contributed by atoms with E-state index in [0.29, 0.717) is 0 Å². The SMILES string of the molecule is c1ccc(C(c2ccccc2)c2cc3c4c(c2)N(c2ccccc2)c2ccccc2B4n2c4ccccc4c4cccc-3c42)cc1. The van der Waals surface area contributed by atoms with Crippen molar-refractivity contribution in [3.8, 4) is 11.1 Å². The number of anilines is 3. The van der Waals surface area contributed by atoms with Crippen LogP contribution in [0.25, 0.3) is 32.9 Å². The average Bonchev–Trinajstić information content (AvgIpc) is 3.46. The molecule has 1 aromatic heterocycles. The molecule has 3 heterocycles. The Kier molecular flexibility index (Phi) is 5.47. The quantitative estimate of drug-likeness (QED) is 0.148. The maximum atomic E-state index is 2.62. The van der Waals surface area contributed by atoms with Crippen LogP contribution >= 0.6 is 0 Å². The molecule has 0 unspecified atom stereocenters. The largest absolute Gasteiger partial charge is 0.375 e. The molecule has 0 aliphatic carbocycles. The van der Waals surface area contributed by atoms with Gasteiger partial charge in [0, 0.05) is 50.3 Å². The van der Waals surface area contributed by atoms with Crippen molar-refractivity contribution < 1.29 is 0 Å². The van der Waals surface area contributed by atoms with Gasteiger partial charge in [0.05, 0.1) is 0 Å². The van der Waals surface area contributed by atoms with Crippen molar-refractivity contribution in [1.82, 2.24) is 4.48 Å². The Morgan fingerprint density at radius 3 is 1.85 bits per heavy atom.